The molecule has 0 aliphatic rings. The van der Waals surface area contributed by atoms with Crippen LogP contribution in [0.2, 0.25) is 0 Å². The Bertz CT molecular complexity index is 717. The molecule has 25 heavy (non-hydrogen) atoms. The highest BCUT2D eigenvalue weighted by molar-refractivity contribution is 9.11. The molecule has 0 aliphatic heterocycles. The summed E-state index contributed by atoms with van der Waals surface area (Å²) in [4.78, 5) is 28.2. The lowest BCUT2D eigenvalue weighted by Crippen LogP contribution is -2.50. The molecular formula is C19H23BrN2O2S. The van der Waals surface area contributed by atoms with E-state index >= 15 is 0 Å². The monoisotopic (exact) mass is 422 g/mol. The summed E-state index contributed by atoms with van der Waals surface area (Å²) >= 11 is 5.04. The molecule has 0 spiro atoms. The number of nitrogens with one attached hydrogen (secondary N) is 1. The Labute approximate surface area is 161 Å². The Balaban J connectivity index is 2.10. The fourth-order valence-electron chi connectivity index (χ4n) is 2.48. The zero-order chi connectivity index (χ0) is 18.4. The van der Waals surface area contributed by atoms with Crippen molar-refractivity contribution in [3.8, 4) is 0 Å². The van der Waals surface area contributed by atoms with Crippen LogP contribution in [0.5, 0.6) is 0 Å². The first kappa shape index (κ1) is 19.7. The van der Waals surface area contributed by atoms with Crippen molar-refractivity contribution in [2.45, 2.75) is 32.9 Å². The molecule has 1 N–H and O–H groups in total. The first-order valence-corrected chi connectivity index (χ1v) is 9.88. The number of benzene rings is 1. The second kappa shape index (κ2) is 9.15. The first-order chi connectivity index (χ1) is 11.9. The number of rotatable bonds is 7. The minimum absolute atomic E-state index is 0.0534. The van der Waals surface area contributed by atoms with Crippen molar-refractivity contribution in [1.82, 2.24) is 10.2 Å². The zero-order valence-electron chi connectivity index (χ0n) is 14.7. The van der Waals surface area contributed by atoms with E-state index in [9.17, 15) is 9.59 Å². The molecule has 4 nitrogen and oxygen atoms in total. The van der Waals surface area contributed by atoms with Crippen LogP contribution in [0.25, 0.3) is 0 Å². The summed E-state index contributed by atoms with van der Waals surface area (Å²) in [5.74, 6) is -0.229. The Morgan fingerprint density at radius 2 is 1.88 bits per heavy atom. The second-order valence-corrected chi connectivity index (χ2v) is 8.65. The van der Waals surface area contributed by atoms with Gasteiger partial charge in [0.1, 0.15) is 6.04 Å². The molecule has 1 heterocycles. The summed E-state index contributed by atoms with van der Waals surface area (Å²) in [6.45, 7) is 4.54. The van der Waals surface area contributed by atoms with Gasteiger partial charge in [-0.1, -0.05) is 38.5 Å². The number of amides is 2. The Morgan fingerprint density at radius 3 is 2.44 bits per heavy atom. The third-order valence-electron chi connectivity index (χ3n) is 4.20. The molecule has 2 rings (SSSR count). The Kier molecular flexibility index (Phi) is 7.20. The number of hydrogen-bond donors (Lipinski definition) is 1. The summed E-state index contributed by atoms with van der Waals surface area (Å²) in [6.07, 6.45) is 0.809. The van der Waals surface area contributed by atoms with Gasteiger partial charge in [0.25, 0.3) is 5.91 Å². The van der Waals surface area contributed by atoms with Crippen LogP contribution in [-0.2, 0) is 11.3 Å². The van der Waals surface area contributed by atoms with Gasteiger partial charge in [-0.05, 0) is 46.1 Å². The van der Waals surface area contributed by atoms with Gasteiger partial charge < -0.3 is 10.2 Å². The lowest BCUT2D eigenvalue weighted by Gasteiger charge is -2.28. The molecule has 0 fully saturated rings. The summed E-state index contributed by atoms with van der Waals surface area (Å²) < 4.78 is 1.04. The highest BCUT2D eigenvalue weighted by Gasteiger charge is 2.29. The van der Waals surface area contributed by atoms with E-state index in [0.29, 0.717) is 12.1 Å². The molecule has 134 valence electrons. The van der Waals surface area contributed by atoms with Crippen molar-refractivity contribution >= 4 is 39.1 Å². The maximum absolute atomic E-state index is 12.9. The fourth-order valence-corrected chi connectivity index (χ4v) is 4.02. The van der Waals surface area contributed by atoms with E-state index in [1.165, 1.54) is 0 Å². The van der Waals surface area contributed by atoms with Gasteiger partial charge in [0, 0.05) is 17.5 Å². The van der Waals surface area contributed by atoms with Crippen molar-refractivity contribution in [2.24, 2.45) is 5.92 Å². The van der Waals surface area contributed by atoms with E-state index in [1.807, 2.05) is 44.2 Å². The van der Waals surface area contributed by atoms with Gasteiger partial charge in [-0.25, -0.2) is 0 Å². The van der Waals surface area contributed by atoms with Gasteiger partial charge >= 0.3 is 0 Å². The van der Waals surface area contributed by atoms with E-state index in [1.54, 1.807) is 35.4 Å². The van der Waals surface area contributed by atoms with Gasteiger partial charge in [-0.15, -0.1) is 11.3 Å². The maximum Gasteiger partial charge on any atom is 0.251 e. The molecule has 0 bridgehead atoms. The highest BCUT2D eigenvalue weighted by Crippen LogP contribution is 2.23. The third-order valence-corrected chi connectivity index (χ3v) is 5.81. The van der Waals surface area contributed by atoms with Gasteiger partial charge in [0.15, 0.2) is 0 Å². The van der Waals surface area contributed by atoms with E-state index in [0.717, 1.165) is 15.1 Å². The molecule has 2 atom stereocenters. The van der Waals surface area contributed by atoms with Crippen LogP contribution < -0.4 is 5.32 Å². The van der Waals surface area contributed by atoms with Crippen molar-refractivity contribution in [3.05, 3.63) is 56.7 Å². The molecular weight excluding hydrogens is 400 g/mol. The number of hydrogen-bond acceptors (Lipinski definition) is 3. The number of carbonyl (C=O) groups is 2. The summed E-state index contributed by atoms with van der Waals surface area (Å²) in [7, 11) is 1.78. The Morgan fingerprint density at radius 1 is 1.20 bits per heavy atom. The standard InChI is InChI=1S/C19H23BrN2O2S/c1-4-13(2)17(21-18(23)14-8-6-5-7-9-14)19(24)22(3)12-15-10-11-16(20)25-15/h5-11,13,17H,4,12H2,1-3H3,(H,21,23). The average molecular weight is 423 g/mol. The minimum Gasteiger partial charge on any atom is -0.340 e. The predicted molar refractivity (Wildman–Crippen MR) is 106 cm³/mol. The molecule has 2 amide bonds. The van der Waals surface area contributed by atoms with Crippen molar-refractivity contribution in [1.29, 1.82) is 0 Å². The summed E-state index contributed by atoms with van der Waals surface area (Å²) in [5.41, 5.74) is 0.563. The summed E-state index contributed by atoms with van der Waals surface area (Å²) in [6, 6.07) is 12.4. The maximum atomic E-state index is 12.9. The van der Waals surface area contributed by atoms with Crippen LogP contribution in [-0.4, -0.2) is 29.8 Å². The molecule has 2 unspecified atom stereocenters. The first-order valence-electron chi connectivity index (χ1n) is 8.27. The van der Waals surface area contributed by atoms with E-state index < -0.39 is 6.04 Å². The largest absolute Gasteiger partial charge is 0.340 e. The quantitative estimate of drug-likeness (QED) is 0.722. The molecule has 1 aromatic heterocycles. The number of likely N-dealkylation sites (N-methyl/N-ethyl adjacent to an activating group) is 1. The van der Waals surface area contributed by atoms with Gasteiger partial charge in [-0.3, -0.25) is 9.59 Å². The minimum atomic E-state index is -0.536. The van der Waals surface area contributed by atoms with Crippen LogP contribution in [0, 0.1) is 5.92 Å². The second-order valence-electron chi connectivity index (χ2n) is 6.10. The number of carbonyl (C=O) groups excluding carboxylic acids is 2. The Hall–Kier alpha value is -1.66. The van der Waals surface area contributed by atoms with Crippen molar-refractivity contribution in [2.75, 3.05) is 7.05 Å². The molecule has 2 aromatic rings. The molecule has 1 aromatic carbocycles. The topological polar surface area (TPSA) is 49.4 Å². The van der Waals surface area contributed by atoms with Gasteiger partial charge in [0.05, 0.1) is 10.3 Å². The van der Waals surface area contributed by atoms with E-state index in [4.69, 9.17) is 0 Å². The fraction of sp³-hybridized carbons (Fsp3) is 0.368. The molecule has 0 saturated carbocycles. The number of nitrogens with zero attached hydrogens (tertiary/aromatic N) is 1. The lowest BCUT2D eigenvalue weighted by molar-refractivity contribution is -0.133. The van der Waals surface area contributed by atoms with Crippen LogP contribution in [0.15, 0.2) is 46.3 Å². The zero-order valence-corrected chi connectivity index (χ0v) is 17.1. The van der Waals surface area contributed by atoms with Crippen LogP contribution in [0.1, 0.15) is 35.5 Å². The predicted octanol–water partition coefficient (Wildman–Crippen LogP) is 4.31. The molecule has 0 aliphatic carbocycles. The normalized spacial score (nSPS) is 13.1. The van der Waals surface area contributed by atoms with Gasteiger partial charge in [-0.2, -0.15) is 0 Å². The van der Waals surface area contributed by atoms with Crippen molar-refractivity contribution in [3.63, 3.8) is 0 Å². The lowest BCUT2D eigenvalue weighted by atomic mass is 9.97. The smallest absolute Gasteiger partial charge is 0.251 e. The van der Waals surface area contributed by atoms with Gasteiger partial charge in [0.2, 0.25) is 5.91 Å². The van der Waals surface area contributed by atoms with Crippen LogP contribution in [0.4, 0.5) is 0 Å². The number of halogens is 1. The van der Waals surface area contributed by atoms with Crippen molar-refractivity contribution < 1.29 is 9.59 Å². The summed E-state index contributed by atoms with van der Waals surface area (Å²) in [5, 5.41) is 2.92. The van der Waals surface area contributed by atoms with Crippen LogP contribution in [0.3, 0.4) is 0 Å². The van der Waals surface area contributed by atoms with Crippen LogP contribution >= 0.6 is 27.3 Å². The average Bonchev–Trinajstić information content (AvgIpc) is 3.03. The van der Waals surface area contributed by atoms with E-state index in [-0.39, 0.29) is 17.7 Å². The molecule has 0 radical (unpaired) electrons. The number of thiophene rings is 1. The molecule has 0 saturated heterocycles. The third kappa shape index (κ3) is 5.41. The van der Waals surface area contributed by atoms with E-state index in [2.05, 4.69) is 21.2 Å². The molecule has 6 heteroatoms. The SMILES string of the molecule is CCC(C)C(NC(=O)c1ccccc1)C(=O)N(C)Cc1ccc(Br)s1. The highest BCUT2D eigenvalue weighted by atomic mass is 79.9.